The minimum absolute atomic E-state index is 0.0550. The zero-order valence-corrected chi connectivity index (χ0v) is 18.3. The van der Waals surface area contributed by atoms with Crippen LogP contribution < -0.4 is 10.1 Å². The predicted octanol–water partition coefficient (Wildman–Crippen LogP) is 4.76. The van der Waals surface area contributed by atoms with Gasteiger partial charge in [0.1, 0.15) is 15.6 Å². The summed E-state index contributed by atoms with van der Waals surface area (Å²) in [5.74, 6) is 0.813. The first-order chi connectivity index (χ1) is 14.2. The smallest absolute Gasteiger partial charge is 0.263 e. The third-order valence-electron chi connectivity index (χ3n) is 5.31. The lowest BCUT2D eigenvalue weighted by Gasteiger charge is -2.29. The summed E-state index contributed by atoms with van der Waals surface area (Å²) in [7, 11) is 1.70. The number of carbonyl (C=O) groups is 1. The van der Waals surface area contributed by atoms with Gasteiger partial charge >= 0.3 is 0 Å². The van der Waals surface area contributed by atoms with Gasteiger partial charge in [0, 0.05) is 23.1 Å². The first-order valence-electron chi connectivity index (χ1n) is 9.82. The van der Waals surface area contributed by atoms with Crippen LogP contribution in [0, 0.1) is 6.92 Å². The first-order valence-corrected chi connectivity index (χ1v) is 11.6. The molecule has 0 bridgehead atoms. The number of likely N-dealkylation sites (tertiary alicyclic amines) is 1. The molecule has 1 fully saturated rings. The van der Waals surface area contributed by atoms with E-state index in [0.29, 0.717) is 11.4 Å². The number of ether oxygens (including phenoxy) is 1. The molecule has 7 heteroatoms. The van der Waals surface area contributed by atoms with Crippen LogP contribution in [0.5, 0.6) is 5.75 Å². The number of hydrogen-bond acceptors (Lipinski definition) is 6. The number of methoxy groups -OCH3 is 1. The lowest BCUT2D eigenvalue weighted by molar-refractivity contribution is 0.0940. The Balaban J connectivity index is 1.52. The van der Waals surface area contributed by atoms with Crippen LogP contribution in [0.2, 0.25) is 0 Å². The van der Waals surface area contributed by atoms with E-state index in [1.54, 1.807) is 18.4 Å². The van der Waals surface area contributed by atoms with Gasteiger partial charge in [-0.05, 0) is 50.4 Å². The third-order valence-corrected chi connectivity index (χ3v) is 7.19. The quantitative estimate of drug-likeness (QED) is 0.591. The van der Waals surface area contributed by atoms with Crippen LogP contribution in [0.4, 0.5) is 0 Å². The molecule has 1 saturated heterocycles. The van der Waals surface area contributed by atoms with Gasteiger partial charge in [0.05, 0.1) is 18.8 Å². The van der Waals surface area contributed by atoms with Crippen LogP contribution in [-0.2, 0) is 0 Å². The van der Waals surface area contributed by atoms with E-state index in [1.165, 1.54) is 24.2 Å². The lowest BCUT2D eigenvalue weighted by Crippen LogP contribution is -2.37. The van der Waals surface area contributed by atoms with Gasteiger partial charge in [0.2, 0.25) is 0 Å². The first kappa shape index (κ1) is 20.1. The van der Waals surface area contributed by atoms with Crippen LogP contribution in [0.25, 0.3) is 10.6 Å². The normalized spacial score (nSPS) is 15.4. The topological polar surface area (TPSA) is 54.5 Å². The molecule has 4 rings (SSSR count). The number of aryl methyl sites for hydroxylation is 1. The molecule has 1 aromatic carbocycles. The van der Waals surface area contributed by atoms with Crippen LogP contribution in [0.1, 0.15) is 39.8 Å². The highest BCUT2D eigenvalue weighted by atomic mass is 32.1. The summed E-state index contributed by atoms with van der Waals surface area (Å²) in [6.07, 6.45) is 2.38. The van der Waals surface area contributed by atoms with Crippen molar-refractivity contribution < 1.29 is 9.53 Å². The maximum Gasteiger partial charge on any atom is 0.263 e. The van der Waals surface area contributed by atoms with Crippen molar-refractivity contribution in [1.29, 1.82) is 0 Å². The Labute approximate surface area is 179 Å². The van der Waals surface area contributed by atoms with E-state index >= 15 is 0 Å². The second-order valence-corrected chi connectivity index (χ2v) is 8.94. The van der Waals surface area contributed by atoms with E-state index in [0.717, 1.165) is 40.7 Å². The number of thiophene rings is 1. The SMILES string of the molecule is COc1ccccc1C(CNC(=O)c1sc(-c2ccsc2)nc1C)N1CCCC1. The zero-order chi connectivity index (χ0) is 20.2. The van der Waals surface area contributed by atoms with Gasteiger partial charge in [0.25, 0.3) is 5.91 Å². The molecule has 1 N–H and O–H groups in total. The molecule has 1 aliphatic rings. The number of benzene rings is 1. The van der Waals surface area contributed by atoms with Gasteiger partial charge in [-0.25, -0.2) is 4.98 Å². The van der Waals surface area contributed by atoms with Crippen molar-refractivity contribution in [2.75, 3.05) is 26.7 Å². The molecule has 1 aliphatic heterocycles. The molecule has 2 aromatic heterocycles. The standard InChI is InChI=1S/C22H25N3O2S2/c1-15-20(29-22(24-15)16-9-12-28-14-16)21(26)23-13-18(25-10-5-6-11-25)17-7-3-4-8-19(17)27-2/h3-4,7-9,12,14,18H,5-6,10-11,13H2,1-2H3,(H,23,26). The minimum atomic E-state index is -0.0550. The predicted molar refractivity (Wildman–Crippen MR) is 119 cm³/mol. The number of para-hydroxylation sites is 1. The van der Waals surface area contributed by atoms with Crippen molar-refractivity contribution in [1.82, 2.24) is 15.2 Å². The van der Waals surface area contributed by atoms with E-state index < -0.39 is 0 Å². The maximum absolute atomic E-state index is 13.0. The van der Waals surface area contributed by atoms with Crippen LogP contribution in [-0.4, -0.2) is 42.5 Å². The van der Waals surface area contributed by atoms with Crippen LogP contribution >= 0.6 is 22.7 Å². The fraction of sp³-hybridized carbons (Fsp3) is 0.364. The second kappa shape index (κ2) is 9.07. The lowest BCUT2D eigenvalue weighted by atomic mass is 10.0. The fourth-order valence-corrected chi connectivity index (χ4v) is 5.51. The summed E-state index contributed by atoms with van der Waals surface area (Å²) < 4.78 is 5.59. The Morgan fingerprint density at radius 2 is 2.07 bits per heavy atom. The molecule has 152 valence electrons. The van der Waals surface area contributed by atoms with Gasteiger partial charge in [0.15, 0.2) is 0 Å². The molecule has 3 aromatic rings. The summed E-state index contributed by atoms with van der Waals surface area (Å²) in [4.78, 5) is 20.7. The number of hydrogen-bond donors (Lipinski definition) is 1. The number of carbonyl (C=O) groups excluding carboxylic acids is 1. The zero-order valence-electron chi connectivity index (χ0n) is 16.7. The molecule has 29 heavy (non-hydrogen) atoms. The molecule has 5 nitrogen and oxygen atoms in total. The Morgan fingerprint density at radius 1 is 1.28 bits per heavy atom. The molecule has 0 saturated carbocycles. The average Bonchev–Trinajstić information content (AvgIpc) is 3.50. The monoisotopic (exact) mass is 427 g/mol. The van der Waals surface area contributed by atoms with Crippen LogP contribution in [0.3, 0.4) is 0 Å². The van der Waals surface area contributed by atoms with Crippen molar-refractivity contribution in [2.45, 2.75) is 25.8 Å². The van der Waals surface area contributed by atoms with Gasteiger partial charge in [-0.1, -0.05) is 18.2 Å². The summed E-state index contributed by atoms with van der Waals surface area (Å²) in [5.41, 5.74) is 2.98. The number of aromatic nitrogens is 1. The highest BCUT2D eigenvalue weighted by molar-refractivity contribution is 7.17. The molecule has 0 aliphatic carbocycles. The van der Waals surface area contributed by atoms with Gasteiger partial charge in [-0.2, -0.15) is 11.3 Å². The summed E-state index contributed by atoms with van der Waals surface area (Å²) in [6.45, 7) is 4.53. The van der Waals surface area contributed by atoms with Crippen molar-refractivity contribution in [2.24, 2.45) is 0 Å². The Kier molecular flexibility index (Phi) is 6.28. The third kappa shape index (κ3) is 4.37. The van der Waals surface area contributed by atoms with Gasteiger partial charge in [-0.3, -0.25) is 9.69 Å². The van der Waals surface area contributed by atoms with Crippen molar-refractivity contribution in [3.05, 3.63) is 57.2 Å². The highest BCUT2D eigenvalue weighted by Crippen LogP contribution is 2.32. The van der Waals surface area contributed by atoms with Crippen molar-refractivity contribution in [3.63, 3.8) is 0 Å². The fourth-order valence-electron chi connectivity index (χ4n) is 3.82. The number of thiazole rings is 1. The molecule has 1 unspecified atom stereocenters. The Bertz CT molecular complexity index is 962. The largest absolute Gasteiger partial charge is 0.496 e. The Hall–Kier alpha value is -2.22. The maximum atomic E-state index is 13.0. The van der Waals surface area contributed by atoms with E-state index in [2.05, 4.69) is 26.6 Å². The molecular weight excluding hydrogens is 402 g/mol. The van der Waals surface area contributed by atoms with Gasteiger partial charge in [-0.15, -0.1) is 11.3 Å². The average molecular weight is 428 g/mol. The summed E-state index contributed by atoms with van der Waals surface area (Å²) in [5, 5.41) is 8.15. The number of amides is 1. The molecule has 0 radical (unpaired) electrons. The van der Waals surface area contributed by atoms with E-state index in [4.69, 9.17) is 4.74 Å². The minimum Gasteiger partial charge on any atom is -0.496 e. The second-order valence-electron chi connectivity index (χ2n) is 7.16. The van der Waals surface area contributed by atoms with Crippen LogP contribution in [0.15, 0.2) is 41.1 Å². The molecule has 1 atom stereocenters. The van der Waals surface area contributed by atoms with E-state index in [1.807, 2.05) is 36.6 Å². The molecule has 3 heterocycles. The van der Waals surface area contributed by atoms with Gasteiger partial charge < -0.3 is 10.1 Å². The Morgan fingerprint density at radius 3 is 2.79 bits per heavy atom. The number of rotatable bonds is 7. The molecular formula is C22H25N3O2S2. The number of nitrogens with zero attached hydrogens (tertiary/aromatic N) is 2. The number of nitrogens with one attached hydrogen (secondary N) is 1. The van der Waals surface area contributed by atoms with Crippen molar-refractivity contribution >= 4 is 28.6 Å². The summed E-state index contributed by atoms with van der Waals surface area (Å²) in [6, 6.07) is 10.2. The van der Waals surface area contributed by atoms with Crippen molar-refractivity contribution in [3.8, 4) is 16.3 Å². The van der Waals surface area contributed by atoms with E-state index in [9.17, 15) is 4.79 Å². The summed E-state index contributed by atoms with van der Waals surface area (Å²) >= 11 is 3.09. The molecule has 1 amide bonds. The highest BCUT2D eigenvalue weighted by Gasteiger charge is 2.27. The molecule has 0 spiro atoms. The van der Waals surface area contributed by atoms with E-state index in [-0.39, 0.29) is 11.9 Å².